The Bertz CT molecular complexity index is 1310. The van der Waals surface area contributed by atoms with Crippen molar-refractivity contribution < 1.29 is 9.59 Å². The molecule has 172 valence electrons. The minimum absolute atomic E-state index is 0.0172. The van der Waals surface area contributed by atoms with E-state index < -0.39 is 0 Å². The van der Waals surface area contributed by atoms with Crippen molar-refractivity contribution in [1.29, 1.82) is 0 Å². The molecule has 2 amide bonds. The Labute approximate surface area is 202 Å². The summed E-state index contributed by atoms with van der Waals surface area (Å²) in [5.74, 6) is 0.753. The number of hydrogen-bond acceptors (Lipinski definition) is 4. The van der Waals surface area contributed by atoms with Gasteiger partial charge < -0.3 is 15.1 Å². The number of anilines is 1. The van der Waals surface area contributed by atoms with Crippen molar-refractivity contribution in [2.75, 3.05) is 31.5 Å². The van der Waals surface area contributed by atoms with Gasteiger partial charge >= 0.3 is 0 Å². The number of amides is 2. The molecule has 0 aliphatic carbocycles. The first-order chi connectivity index (χ1) is 16.6. The number of aromatic nitrogens is 2. The highest BCUT2D eigenvalue weighted by atomic mass is 35.5. The topological polar surface area (TPSA) is 81.3 Å². The van der Waals surface area contributed by atoms with Crippen LogP contribution in [0.15, 0.2) is 72.8 Å². The largest absolute Gasteiger partial charge is 0.364 e. The van der Waals surface area contributed by atoms with Gasteiger partial charge in [-0.05, 0) is 54.1 Å². The zero-order chi connectivity index (χ0) is 23.5. The molecule has 0 bridgehead atoms. The molecule has 0 unspecified atom stereocenters. The summed E-state index contributed by atoms with van der Waals surface area (Å²) < 4.78 is 0. The van der Waals surface area contributed by atoms with E-state index in [1.807, 2.05) is 48.5 Å². The summed E-state index contributed by atoms with van der Waals surface area (Å²) in [6.07, 6.45) is 0. The fraction of sp³-hybridized carbons (Fsp3) is 0.192. The van der Waals surface area contributed by atoms with Gasteiger partial charge in [0.25, 0.3) is 11.8 Å². The first-order valence-electron chi connectivity index (χ1n) is 11.2. The van der Waals surface area contributed by atoms with Gasteiger partial charge in [0.1, 0.15) is 0 Å². The lowest BCUT2D eigenvalue weighted by Gasteiger charge is -2.35. The number of hydrogen-bond donors (Lipinski definition) is 2. The lowest BCUT2D eigenvalue weighted by molar-refractivity contribution is 0.0535. The van der Waals surface area contributed by atoms with Crippen LogP contribution in [-0.2, 0) is 6.54 Å². The van der Waals surface area contributed by atoms with Crippen molar-refractivity contribution in [3.05, 3.63) is 94.5 Å². The van der Waals surface area contributed by atoms with Gasteiger partial charge in [-0.1, -0.05) is 35.9 Å². The second-order valence-electron chi connectivity index (χ2n) is 8.26. The van der Waals surface area contributed by atoms with E-state index in [2.05, 4.69) is 15.5 Å². The lowest BCUT2D eigenvalue weighted by Crippen LogP contribution is -2.50. The highest BCUT2D eigenvalue weighted by Crippen LogP contribution is 2.20. The lowest BCUT2D eigenvalue weighted by atomic mass is 10.1. The molecule has 2 heterocycles. The summed E-state index contributed by atoms with van der Waals surface area (Å²) >= 11 is 5.91. The first kappa shape index (κ1) is 22.0. The summed E-state index contributed by atoms with van der Waals surface area (Å²) in [4.78, 5) is 29.2. The van der Waals surface area contributed by atoms with Crippen molar-refractivity contribution in [3.63, 3.8) is 0 Å². The Kier molecular flexibility index (Phi) is 6.18. The number of aromatic amines is 1. The molecule has 4 aromatic rings. The molecule has 34 heavy (non-hydrogen) atoms. The summed E-state index contributed by atoms with van der Waals surface area (Å²) in [6, 6.07) is 22.5. The molecule has 3 aromatic carbocycles. The number of para-hydroxylation sites is 1. The zero-order valence-electron chi connectivity index (χ0n) is 18.5. The van der Waals surface area contributed by atoms with Crippen LogP contribution in [0.2, 0.25) is 5.02 Å². The summed E-state index contributed by atoms with van der Waals surface area (Å²) in [5.41, 5.74) is 3.30. The molecule has 7 nitrogen and oxygen atoms in total. The van der Waals surface area contributed by atoms with E-state index in [1.165, 1.54) is 0 Å². The molecule has 1 fully saturated rings. The second kappa shape index (κ2) is 9.57. The van der Waals surface area contributed by atoms with Gasteiger partial charge in [-0.3, -0.25) is 14.7 Å². The molecule has 5 rings (SSSR count). The Balaban J connectivity index is 1.15. The maximum atomic E-state index is 13.0. The first-order valence-corrected chi connectivity index (χ1v) is 11.6. The standard InChI is InChI=1S/C26H24ClN5O2/c27-21-11-9-20(10-12-21)26(34)32-15-13-31(14-16-32)25(33)19-7-5-18(6-8-19)17-28-24-22-3-1-2-4-23(22)29-30-24/h1-12H,13-17H2,(H2,28,29,30). The SMILES string of the molecule is O=C(c1ccc(Cl)cc1)N1CCN(C(=O)c2ccc(CNc3n[nH]c4ccccc34)cc2)CC1. The molecule has 0 atom stereocenters. The molecule has 0 spiro atoms. The predicted octanol–water partition coefficient (Wildman–Crippen LogP) is 4.43. The van der Waals surface area contributed by atoms with E-state index in [9.17, 15) is 9.59 Å². The predicted molar refractivity (Wildman–Crippen MR) is 133 cm³/mol. The van der Waals surface area contributed by atoms with Crippen LogP contribution in [-0.4, -0.2) is 58.0 Å². The van der Waals surface area contributed by atoms with E-state index in [1.54, 1.807) is 34.1 Å². The summed E-state index contributed by atoms with van der Waals surface area (Å²) in [5, 5.41) is 12.3. The van der Waals surface area contributed by atoms with Crippen molar-refractivity contribution in [2.24, 2.45) is 0 Å². The van der Waals surface area contributed by atoms with Gasteiger partial charge in [-0.25, -0.2) is 0 Å². The zero-order valence-corrected chi connectivity index (χ0v) is 19.3. The highest BCUT2D eigenvalue weighted by molar-refractivity contribution is 6.30. The van der Waals surface area contributed by atoms with Gasteiger partial charge in [0, 0.05) is 54.3 Å². The summed E-state index contributed by atoms with van der Waals surface area (Å²) in [7, 11) is 0. The molecule has 1 aliphatic heterocycles. The second-order valence-corrected chi connectivity index (χ2v) is 8.70. The molecule has 1 aliphatic rings. The number of nitrogens with one attached hydrogen (secondary N) is 2. The molecular weight excluding hydrogens is 450 g/mol. The fourth-order valence-corrected chi connectivity index (χ4v) is 4.25. The van der Waals surface area contributed by atoms with Crippen LogP contribution in [0.1, 0.15) is 26.3 Å². The smallest absolute Gasteiger partial charge is 0.253 e. The van der Waals surface area contributed by atoms with Crippen LogP contribution in [0.5, 0.6) is 0 Å². The molecule has 8 heteroatoms. The Hall–Kier alpha value is -3.84. The van der Waals surface area contributed by atoms with E-state index in [4.69, 9.17) is 11.6 Å². The molecule has 2 N–H and O–H groups in total. The highest BCUT2D eigenvalue weighted by Gasteiger charge is 2.25. The van der Waals surface area contributed by atoms with Crippen LogP contribution >= 0.6 is 11.6 Å². The van der Waals surface area contributed by atoms with E-state index in [0.29, 0.717) is 48.9 Å². The molecule has 0 radical (unpaired) electrons. The minimum Gasteiger partial charge on any atom is -0.364 e. The molecular formula is C26H24ClN5O2. The molecule has 1 saturated heterocycles. The van der Waals surface area contributed by atoms with Crippen LogP contribution < -0.4 is 5.32 Å². The molecule has 1 aromatic heterocycles. The fourth-order valence-electron chi connectivity index (χ4n) is 4.12. The van der Waals surface area contributed by atoms with Crippen LogP contribution in [0.4, 0.5) is 5.82 Å². The van der Waals surface area contributed by atoms with Crippen LogP contribution in [0.25, 0.3) is 10.9 Å². The van der Waals surface area contributed by atoms with E-state index in [-0.39, 0.29) is 11.8 Å². The average Bonchev–Trinajstić information content (AvgIpc) is 3.31. The number of carbonyl (C=O) groups excluding carboxylic acids is 2. The van der Waals surface area contributed by atoms with Crippen molar-refractivity contribution in [2.45, 2.75) is 6.54 Å². The van der Waals surface area contributed by atoms with Crippen molar-refractivity contribution >= 4 is 40.1 Å². The summed E-state index contributed by atoms with van der Waals surface area (Å²) in [6.45, 7) is 2.63. The number of fused-ring (bicyclic) bond motifs is 1. The Morgan fingerprint density at radius 1 is 0.824 bits per heavy atom. The number of rotatable bonds is 5. The number of benzene rings is 3. The van der Waals surface area contributed by atoms with Crippen molar-refractivity contribution in [3.8, 4) is 0 Å². The van der Waals surface area contributed by atoms with Gasteiger partial charge in [-0.15, -0.1) is 0 Å². The van der Waals surface area contributed by atoms with Gasteiger partial charge in [0.05, 0.1) is 5.52 Å². The van der Waals surface area contributed by atoms with Crippen LogP contribution in [0, 0.1) is 0 Å². The van der Waals surface area contributed by atoms with E-state index >= 15 is 0 Å². The monoisotopic (exact) mass is 473 g/mol. The van der Waals surface area contributed by atoms with Gasteiger partial charge in [0.15, 0.2) is 5.82 Å². The average molecular weight is 474 g/mol. The quantitative estimate of drug-likeness (QED) is 0.449. The number of piperazine rings is 1. The van der Waals surface area contributed by atoms with Crippen molar-refractivity contribution in [1.82, 2.24) is 20.0 Å². The van der Waals surface area contributed by atoms with Gasteiger partial charge in [-0.2, -0.15) is 5.10 Å². The number of H-pyrrole nitrogens is 1. The molecule has 0 saturated carbocycles. The normalized spacial score (nSPS) is 13.8. The number of nitrogens with zero attached hydrogens (tertiary/aromatic N) is 3. The Morgan fingerprint density at radius 2 is 1.38 bits per heavy atom. The maximum absolute atomic E-state index is 13.0. The van der Waals surface area contributed by atoms with E-state index in [0.717, 1.165) is 22.3 Å². The Morgan fingerprint density at radius 3 is 2.00 bits per heavy atom. The third kappa shape index (κ3) is 4.61. The number of halogens is 1. The number of carbonyl (C=O) groups is 2. The third-order valence-electron chi connectivity index (χ3n) is 6.08. The third-order valence-corrected chi connectivity index (χ3v) is 6.33. The van der Waals surface area contributed by atoms with Gasteiger partial charge in [0.2, 0.25) is 0 Å². The minimum atomic E-state index is -0.0368. The van der Waals surface area contributed by atoms with Crippen LogP contribution in [0.3, 0.4) is 0 Å². The maximum Gasteiger partial charge on any atom is 0.253 e.